The van der Waals surface area contributed by atoms with Crippen molar-refractivity contribution in [1.29, 1.82) is 0 Å². The van der Waals surface area contributed by atoms with E-state index in [-0.39, 0.29) is 0 Å². The molecule has 5 rings (SSSR count). The van der Waals surface area contributed by atoms with E-state index in [1.54, 1.807) is 6.33 Å². The first kappa shape index (κ1) is 17.3. The molecule has 140 valence electrons. The van der Waals surface area contributed by atoms with Crippen LogP contribution < -0.4 is 10.1 Å². The highest BCUT2D eigenvalue weighted by Crippen LogP contribution is 2.41. The molecule has 2 heterocycles. The van der Waals surface area contributed by atoms with E-state index in [1.165, 1.54) is 12.8 Å². The van der Waals surface area contributed by atoms with Gasteiger partial charge in [-0.05, 0) is 58.6 Å². The Morgan fingerprint density at radius 3 is 2.50 bits per heavy atom. The van der Waals surface area contributed by atoms with Crippen molar-refractivity contribution in [3.8, 4) is 11.5 Å². The highest BCUT2D eigenvalue weighted by atomic mass is 79.9. The van der Waals surface area contributed by atoms with Gasteiger partial charge < -0.3 is 14.6 Å². The molecule has 1 aliphatic rings. The van der Waals surface area contributed by atoms with Crippen molar-refractivity contribution >= 4 is 32.8 Å². The van der Waals surface area contributed by atoms with Crippen molar-refractivity contribution in [2.24, 2.45) is 0 Å². The number of hydrogen-bond donors (Lipinski definition) is 1. The lowest BCUT2D eigenvalue weighted by Gasteiger charge is -2.09. The summed E-state index contributed by atoms with van der Waals surface area (Å²) in [6.45, 7) is 0.679. The zero-order chi connectivity index (χ0) is 18.9. The Balaban J connectivity index is 1.31. The number of fused-ring (bicyclic) bond motifs is 1. The first-order valence-electron chi connectivity index (χ1n) is 9.35. The second-order valence-corrected chi connectivity index (χ2v) is 7.80. The highest BCUT2D eigenvalue weighted by molar-refractivity contribution is 9.10. The van der Waals surface area contributed by atoms with Crippen molar-refractivity contribution in [3.05, 3.63) is 77.2 Å². The SMILES string of the molecule is Brc1cn(C2CC2)c2ncnc(NCc3ccc(Oc4ccccc4)cc3)c12. The molecule has 0 radical (unpaired) electrons. The Morgan fingerprint density at radius 2 is 1.75 bits per heavy atom. The van der Waals surface area contributed by atoms with Crippen LogP contribution in [0.2, 0.25) is 0 Å². The quantitative estimate of drug-likeness (QED) is 0.408. The average molecular weight is 435 g/mol. The molecule has 1 fully saturated rings. The molecule has 0 saturated heterocycles. The van der Waals surface area contributed by atoms with Crippen LogP contribution in [0.15, 0.2) is 71.6 Å². The fraction of sp³-hybridized carbons (Fsp3) is 0.182. The van der Waals surface area contributed by atoms with E-state index in [1.807, 2.05) is 42.5 Å². The minimum Gasteiger partial charge on any atom is -0.457 e. The summed E-state index contributed by atoms with van der Waals surface area (Å²) in [6.07, 6.45) is 6.20. The van der Waals surface area contributed by atoms with Crippen LogP contribution in [-0.2, 0) is 6.54 Å². The maximum atomic E-state index is 5.85. The number of nitrogens with zero attached hydrogens (tertiary/aromatic N) is 3. The highest BCUT2D eigenvalue weighted by Gasteiger charge is 2.27. The van der Waals surface area contributed by atoms with E-state index in [9.17, 15) is 0 Å². The van der Waals surface area contributed by atoms with E-state index in [2.05, 4.69) is 54.1 Å². The second-order valence-electron chi connectivity index (χ2n) is 6.95. The number of halogens is 1. The number of hydrogen-bond acceptors (Lipinski definition) is 4. The third kappa shape index (κ3) is 3.47. The second kappa shape index (κ2) is 7.28. The third-order valence-electron chi connectivity index (χ3n) is 4.87. The molecule has 1 saturated carbocycles. The molecule has 2 aromatic carbocycles. The summed E-state index contributed by atoms with van der Waals surface area (Å²) in [5, 5.41) is 4.49. The predicted octanol–water partition coefficient (Wildman–Crippen LogP) is 5.93. The molecular formula is C22H19BrN4O. The zero-order valence-corrected chi connectivity index (χ0v) is 16.8. The normalized spacial score (nSPS) is 13.6. The van der Waals surface area contributed by atoms with Crippen LogP contribution in [0.3, 0.4) is 0 Å². The maximum Gasteiger partial charge on any atom is 0.146 e. The standard InChI is InChI=1S/C22H19BrN4O/c23-19-13-27(16-8-9-16)22-20(19)21(25-14-26-22)24-12-15-6-10-18(11-7-15)28-17-4-2-1-3-5-17/h1-7,10-11,13-14,16H,8-9,12H2,(H,24,25,26). The molecule has 0 amide bonds. The molecule has 0 spiro atoms. The molecule has 5 nitrogen and oxygen atoms in total. The van der Waals surface area contributed by atoms with Crippen LogP contribution in [0.4, 0.5) is 5.82 Å². The van der Waals surface area contributed by atoms with Gasteiger partial charge in [-0.3, -0.25) is 0 Å². The van der Waals surface area contributed by atoms with Crippen LogP contribution in [0.1, 0.15) is 24.4 Å². The van der Waals surface area contributed by atoms with Gasteiger partial charge in [0.15, 0.2) is 0 Å². The van der Waals surface area contributed by atoms with Gasteiger partial charge in [0.2, 0.25) is 0 Å². The number of rotatable bonds is 6. The maximum absolute atomic E-state index is 5.85. The van der Waals surface area contributed by atoms with Crippen LogP contribution in [0, 0.1) is 0 Å². The molecule has 0 atom stereocenters. The Morgan fingerprint density at radius 1 is 1.00 bits per heavy atom. The fourth-order valence-corrected chi connectivity index (χ4v) is 3.88. The molecule has 0 unspecified atom stereocenters. The lowest BCUT2D eigenvalue weighted by atomic mass is 10.2. The summed E-state index contributed by atoms with van der Waals surface area (Å²) in [7, 11) is 0. The van der Waals surface area contributed by atoms with Crippen molar-refractivity contribution in [2.75, 3.05) is 5.32 Å². The van der Waals surface area contributed by atoms with E-state index in [4.69, 9.17) is 4.74 Å². The lowest BCUT2D eigenvalue weighted by Crippen LogP contribution is -2.03. The molecule has 4 aromatic rings. The van der Waals surface area contributed by atoms with Crippen LogP contribution in [0.5, 0.6) is 11.5 Å². The first-order chi connectivity index (χ1) is 13.8. The van der Waals surface area contributed by atoms with E-state index in [0.717, 1.165) is 38.4 Å². The third-order valence-corrected chi connectivity index (χ3v) is 5.47. The zero-order valence-electron chi connectivity index (χ0n) is 15.2. The number of ether oxygens (including phenoxy) is 1. The molecule has 1 aliphatic carbocycles. The largest absolute Gasteiger partial charge is 0.457 e. The number of anilines is 1. The summed E-state index contributed by atoms with van der Waals surface area (Å²) in [5.41, 5.74) is 2.14. The topological polar surface area (TPSA) is 52.0 Å². The summed E-state index contributed by atoms with van der Waals surface area (Å²) in [4.78, 5) is 8.95. The van der Waals surface area contributed by atoms with Gasteiger partial charge in [-0.15, -0.1) is 0 Å². The number of aromatic nitrogens is 3. The average Bonchev–Trinajstić information content (AvgIpc) is 3.52. The number of para-hydroxylation sites is 1. The Kier molecular flexibility index (Phi) is 4.49. The van der Waals surface area contributed by atoms with Gasteiger partial charge in [0.25, 0.3) is 0 Å². The van der Waals surface area contributed by atoms with Gasteiger partial charge in [0.1, 0.15) is 29.3 Å². The van der Waals surface area contributed by atoms with Gasteiger partial charge in [-0.1, -0.05) is 30.3 Å². The molecule has 28 heavy (non-hydrogen) atoms. The van der Waals surface area contributed by atoms with Gasteiger partial charge in [-0.2, -0.15) is 0 Å². The molecule has 0 aliphatic heterocycles. The first-order valence-corrected chi connectivity index (χ1v) is 10.1. The predicted molar refractivity (Wildman–Crippen MR) is 114 cm³/mol. The van der Waals surface area contributed by atoms with Gasteiger partial charge >= 0.3 is 0 Å². The van der Waals surface area contributed by atoms with Crippen LogP contribution in [0.25, 0.3) is 11.0 Å². The monoisotopic (exact) mass is 434 g/mol. The fourth-order valence-electron chi connectivity index (χ4n) is 3.29. The summed E-state index contributed by atoms with van der Waals surface area (Å²) in [6, 6.07) is 18.5. The van der Waals surface area contributed by atoms with Gasteiger partial charge in [0.05, 0.1) is 5.39 Å². The minimum atomic E-state index is 0.578. The Labute approximate surface area is 171 Å². The molecule has 2 aromatic heterocycles. The number of benzene rings is 2. The number of nitrogens with one attached hydrogen (secondary N) is 1. The van der Waals surface area contributed by atoms with E-state index in [0.29, 0.717) is 12.6 Å². The Bertz CT molecular complexity index is 1100. The van der Waals surface area contributed by atoms with E-state index >= 15 is 0 Å². The summed E-state index contributed by atoms with van der Waals surface area (Å²) >= 11 is 3.67. The van der Waals surface area contributed by atoms with Gasteiger partial charge in [-0.25, -0.2) is 9.97 Å². The van der Waals surface area contributed by atoms with Crippen LogP contribution >= 0.6 is 15.9 Å². The van der Waals surface area contributed by atoms with Crippen LogP contribution in [-0.4, -0.2) is 14.5 Å². The summed E-state index contributed by atoms with van der Waals surface area (Å²) in [5.74, 6) is 2.51. The molecule has 1 N–H and O–H groups in total. The Hall–Kier alpha value is -2.86. The molecular weight excluding hydrogens is 416 g/mol. The molecule has 0 bridgehead atoms. The summed E-state index contributed by atoms with van der Waals surface area (Å²) < 4.78 is 9.13. The van der Waals surface area contributed by atoms with Crippen molar-refractivity contribution in [3.63, 3.8) is 0 Å². The van der Waals surface area contributed by atoms with E-state index < -0.39 is 0 Å². The van der Waals surface area contributed by atoms with Gasteiger partial charge in [0, 0.05) is 23.3 Å². The molecule has 6 heteroatoms. The van der Waals surface area contributed by atoms with Crippen molar-refractivity contribution < 1.29 is 4.74 Å². The lowest BCUT2D eigenvalue weighted by molar-refractivity contribution is 0.482. The van der Waals surface area contributed by atoms with Crippen molar-refractivity contribution in [2.45, 2.75) is 25.4 Å². The van der Waals surface area contributed by atoms with Crippen molar-refractivity contribution in [1.82, 2.24) is 14.5 Å². The minimum absolute atomic E-state index is 0.578. The smallest absolute Gasteiger partial charge is 0.146 e.